The van der Waals surface area contributed by atoms with E-state index >= 15 is 0 Å². The highest BCUT2D eigenvalue weighted by Gasteiger charge is 2.24. The van der Waals surface area contributed by atoms with E-state index in [1.54, 1.807) is 0 Å². The van der Waals surface area contributed by atoms with Crippen molar-refractivity contribution in [1.82, 2.24) is 10.6 Å². The van der Waals surface area contributed by atoms with Crippen molar-refractivity contribution in [2.24, 2.45) is 17.8 Å². The average Bonchev–Trinajstić information content (AvgIpc) is 2.66. The summed E-state index contributed by atoms with van der Waals surface area (Å²) in [5.41, 5.74) is 0. The summed E-state index contributed by atoms with van der Waals surface area (Å²) >= 11 is 0. The highest BCUT2D eigenvalue weighted by molar-refractivity contribution is 5.78. The SMILES string of the molecule is CC1CCNCC1CNC(=O)C1CCCCCC1. The van der Waals surface area contributed by atoms with E-state index in [-0.39, 0.29) is 0 Å². The lowest BCUT2D eigenvalue weighted by atomic mass is 9.88. The highest BCUT2D eigenvalue weighted by Crippen LogP contribution is 2.23. The van der Waals surface area contributed by atoms with Crippen LogP contribution in [-0.2, 0) is 4.79 Å². The van der Waals surface area contributed by atoms with Crippen LogP contribution in [0.4, 0.5) is 0 Å². The van der Waals surface area contributed by atoms with Crippen molar-refractivity contribution >= 4 is 5.91 Å². The Hall–Kier alpha value is -0.570. The van der Waals surface area contributed by atoms with Crippen LogP contribution in [0.25, 0.3) is 0 Å². The van der Waals surface area contributed by atoms with Crippen molar-refractivity contribution in [3.05, 3.63) is 0 Å². The van der Waals surface area contributed by atoms with Gasteiger partial charge in [0.2, 0.25) is 5.91 Å². The third kappa shape index (κ3) is 3.98. The third-order valence-electron chi connectivity index (χ3n) is 4.75. The molecule has 1 saturated heterocycles. The summed E-state index contributed by atoms with van der Waals surface area (Å²) in [5.74, 6) is 1.96. The molecule has 2 N–H and O–H groups in total. The molecule has 2 unspecified atom stereocenters. The van der Waals surface area contributed by atoms with E-state index in [1.165, 1.54) is 32.1 Å². The second kappa shape index (κ2) is 7.13. The van der Waals surface area contributed by atoms with Crippen LogP contribution in [0.5, 0.6) is 0 Å². The number of carbonyl (C=O) groups is 1. The van der Waals surface area contributed by atoms with E-state index in [2.05, 4.69) is 17.6 Å². The standard InChI is InChI=1S/C15H28N2O/c1-12-8-9-16-10-14(12)11-17-15(18)13-6-4-2-3-5-7-13/h12-14,16H,2-11H2,1H3,(H,17,18). The Morgan fingerprint density at radius 2 is 1.89 bits per heavy atom. The maximum atomic E-state index is 12.2. The molecule has 18 heavy (non-hydrogen) atoms. The summed E-state index contributed by atoms with van der Waals surface area (Å²) in [4.78, 5) is 12.2. The third-order valence-corrected chi connectivity index (χ3v) is 4.75. The summed E-state index contributed by atoms with van der Waals surface area (Å²) in [6.45, 7) is 5.37. The number of rotatable bonds is 3. The topological polar surface area (TPSA) is 41.1 Å². The largest absolute Gasteiger partial charge is 0.356 e. The molecule has 0 radical (unpaired) electrons. The minimum absolute atomic E-state index is 0.291. The van der Waals surface area contributed by atoms with E-state index in [4.69, 9.17) is 0 Å². The predicted octanol–water partition coefficient (Wildman–Crippen LogP) is 2.32. The number of nitrogens with one attached hydrogen (secondary N) is 2. The molecular formula is C15H28N2O. The molecule has 1 amide bonds. The molecule has 0 bridgehead atoms. The van der Waals surface area contributed by atoms with Crippen LogP contribution in [0.3, 0.4) is 0 Å². The van der Waals surface area contributed by atoms with Crippen molar-refractivity contribution in [1.29, 1.82) is 0 Å². The summed E-state index contributed by atoms with van der Waals surface area (Å²) in [6.07, 6.45) is 8.54. The van der Waals surface area contributed by atoms with Crippen molar-refractivity contribution in [2.45, 2.75) is 51.9 Å². The molecule has 0 aromatic rings. The summed E-state index contributed by atoms with van der Waals surface area (Å²) in [7, 11) is 0. The molecule has 1 saturated carbocycles. The Kier molecular flexibility index (Phi) is 5.48. The Morgan fingerprint density at radius 1 is 1.17 bits per heavy atom. The molecule has 0 aromatic carbocycles. The summed E-state index contributed by atoms with van der Waals surface area (Å²) in [6, 6.07) is 0. The van der Waals surface area contributed by atoms with Gasteiger partial charge in [-0.3, -0.25) is 4.79 Å². The van der Waals surface area contributed by atoms with E-state index in [1.807, 2.05) is 0 Å². The molecular weight excluding hydrogens is 224 g/mol. The first kappa shape index (κ1) is 13.9. The molecule has 1 aliphatic carbocycles. The van der Waals surface area contributed by atoms with Crippen molar-refractivity contribution in [2.75, 3.05) is 19.6 Å². The second-order valence-corrected chi connectivity index (χ2v) is 6.16. The lowest BCUT2D eigenvalue weighted by Gasteiger charge is -2.30. The number of piperidine rings is 1. The van der Waals surface area contributed by atoms with Gasteiger partial charge in [0.15, 0.2) is 0 Å². The van der Waals surface area contributed by atoms with Gasteiger partial charge in [0, 0.05) is 12.5 Å². The predicted molar refractivity (Wildman–Crippen MR) is 74.3 cm³/mol. The van der Waals surface area contributed by atoms with Crippen LogP contribution in [0, 0.1) is 17.8 Å². The van der Waals surface area contributed by atoms with Gasteiger partial charge < -0.3 is 10.6 Å². The zero-order chi connectivity index (χ0) is 12.8. The Morgan fingerprint density at radius 3 is 2.56 bits per heavy atom. The molecule has 3 heteroatoms. The molecule has 0 spiro atoms. The van der Waals surface area contributed by atoms with Gasteiger partial charge in [-0.1, -0.05) is 32.6 Å². The van der Waals surface area contributed by atoms with E-state index in [0.29, 0.717) is 17.7 Å². The number of hydrogen-bond donors (Lipinski definition) is 2. The van der Waals surface area contributed by atoms with Crippen LogP contribution in [0.15, 0.2) is 0 Å². The number of amides is 1. The lowest BCUT2D eigenvalue weighted by Crippen LogP contribution is -2.43. The van der Waals surface area contributed by atoms with Crippen LogP contribution >= 0.6 is 0 Å². The van der Waals surface area contributed by atoms with E-state index < -0.39 is 0 Å². The zero-order valence-electron chi connectivity index (χ0n) is 11.7. The molecule has 2 rings (SSSR count). The molecule has 3 nitrogen and oxygen atoms in total. The van der Waals surface area contributed by atoms with Crippen LogP contribution < -0.4 is 10.6 Å². The maximum absolute atomic E-state index is 12.2. The zero-order valence-corrected chi connectivity index (χ0v) is 11.7. The average molecular weight is 252 g/mol. The van der Waals surface area contributed by atoms with Crippen LogP contribution in [-0.4, -0.2) is 25.5 Å². The Balaban J connectivity index is 1.72. The second-order valence-electron chi connectivity index (χ2n) is 6.16. The molecule has 1 aliphatic heterocycles. The van der Waals surface area contributed by atoms with Gasteiger partial charge in [-0.15, -0.1) is 0 Å². The minimum Gasteiger partial charge on any atom is -0.356 e. The normalized spacial score (nSPS) is 30.7. The first-order chi connectivity index (χ1) is 8.77. The first-order valence-electron chi connectivity index (χ1n) is 7.76. The van der Waals surface area contributed by atoms with Gasteiger partial charge in [0.1, 0.15) is 0 Å². The molecule has 2 atom stereocenters. The molecule has 104 valence electrons. The molecule has 1 heterocycles. The number of carbonyl (C=O) groups excluding carboxylic acids is 1. The lowest BCUT2D eigenvalue weighted by molar-refractivity contribution is -0.125. The fraction of sp³-hybridized carbons (Fsp3) is 0.933. The van der Waals surface area contributed by atoms with Gasteiger partial charge in [0.25, 0.3) is 0 Å². The summed E-state index contributed by atoms with van der Waals surface area (Å²) in [5, 5.41) is 6.63. The van der Waals surface area contributed by atoms with Gasteiger partial charge in [-0.25, -0.2) is 0 Å². The van der Waals surface area contributed by atoms with Gasteiger partial charge in [0.05, 0.1) is 0 Å². The summed E-state index contributed by atoms with van der Waals surface area (Å²) < 4.78 is 0. The molecule has 2 fully saturated rings. The quantitative estimate of drug-likeness (QED) is 0.757. The van der Waals surface area contributed by atoms with E-state index in [9.17, 15) is 4.79 Å². The Labute approximate surface area is 111 Å². The van der Waals surface area contributed by atoms with Gasteiger partial charge >= 0.3 is 0 Å². The fourth-order valence-corrected chi connectivity index (χ4v) is 3.25. The van der Waals surface area contributed by atoms with Gasteiger partial charge in [-0.2, -0.15) is 0 Å². The fourth-order valence-electron chi connectivity index (χ4n) is 3.25. The van der Waals surface area contributed by atoms with Crippen molar-refractivity contribution in [3.63, 3.8) is 0 Å². The van der Waals surface area contributed by atoms with Crippen molar-refractivity contribution < 1.29 is 4.79 Å². The van der Waals surface area contributed by atoms with Crippen LogP contribution in [0.1, 0.15) is 51.9 Å². The monoisotopic (exact) mass is 252 g/mol. The highest BCUT2D eigenvalue weighted by atomic mass is 16.1. The van der Waals surface area contributed by atoms with Crippen molar-refractivity contribution in [3.8, 4) is 0 Å². The van der Waals surface area contributed by atoms with Gasteiger partial charge in [-0.05, 0) is 44.2 Å². The maximum Gasteiger partial charge on any atom is 0.223 e. The van der Waals surface area contributed by atoms with E-state index in [0.717, 1.165) is 38.4 Å². The van der Waals surface area contributed by atoms with Crippen LogP contribution in [0.2, 0.25) is 0 Å². The smallest absolute Gasteiger partial charge is 0.223 e. The Bertz CT molecular complexity index is 259. The molecule has 0 aromatic heterocycles. The minimum atomic E-state index is 0.291. The molecule has 2 aliphatic rings. The number of hydrogen-bond acceptors (Lipinski definition) is 2. The first-order valence-corrected chi connectivity index (χ1v) is 7.76.